The Hall–Kier alpha value is -4.08. The van der Waals surface area contributed by atoms with E-state index >= 15 is 0 Å². The third-order valence-corrected chi connectivity index (χ3v) is 6.70. The largest absolute Gasteiger partial charge is 0.489 e. The van der Waals surface area contributed by atoms with Crippen LogP contribution in [0.3, 0.4) is 0 Å². The number of halogens is 1. The molecule has 0 saturated carbocycles. The van der Waals surface area contributed by atoms with Crippen LogP contribution >= 0.6 is 15.9 Å². The molecular formula is C31H28BrN3O2. The van der Waals surface area contributed by atoms with Gasteiger partial charge in [0.15, 0.2) is 0 Å². The highest BCUT2D eigenvalue weighted by Gasteiger charge is 2.14. The maximum Gasteiger partial charge on any atom is 0.266 e. The lowest BCUT2D eigenvalue weighted by atomic mass is 10.1. The fourth-order valence-electron chi connectivity index (χ4n) is 4.10. The van der Waals surface area contributed by atoms with Gasteiger partial charge in [0, 0.05) is 27.2 Å². The summed E-state index contributed by atoms with van der Waals surface area (Å²) in [5.41, 5.74) is 6.73. The van der Waals surface area contributed by atoms with Crippen molar-refractivity contribution in [3.63, 3.8) is 0 Å². The molecular weight excluding hydrogens is 526 g/mol. The molecule has 0 aliphatic rings. The van der Waals surface area contributed by atoms with Crippen molar-refractivity contribution in [2.75, 3.05) is 5.32 Å². The molecule has 4 aromatic rings. The summed E-state index contributed by atoms with van der Waals surface area (Å²) in [7, 11) is 0. The molecule has 1 aromatic heterocycles. The second-order valence-electron chi connectivity index (χ2n) is 8.75. The van der Waals surface area contributed by atoms with Gasteiger partial charge in [-0.15, -0.1) is 0 Å². The standard InChI is InChI=1S/C31H28BrN3O2/c1-4-23-7-11-28(12-8-23)34-31(36)26(19-33)18-25-17-21(2)35(22(25)3)29-13-15-30(16-14-29)37-20-24-5-9-27(32)10-6-24/h5-18H,4,20H2,1-3H3,(H,34,36). The molecule has 4 rings (SSSR count). The Morgan fingerprint density at radius 2 is 1.65 bits per heavy atom. The van der Waals surface area contributed by atoms with Crippen LogP contribution in [0.15, 0.2) is 88.9 Å². The summed E-state index contributed by atoms with van der Waals surface area (Å²) >= 11 is 3.44. The number of nitrogens with zero attached hydrogens (tertiary/aromatic N) is 2. The topological polar surface area (TPSA) is 67.0 Å². The molecule has 6 heteroatoms. The Bertz CT molecular complexity index is 1460. The van der Waals surface area contributed by atoms with Crippen LogP contribution in [0.4, 0.5) is 5.69 Å². The summed E-state index contributed by atoms with van der Waals surface area (Å²) in [5, 5.41) is 12.5. The molecule has 0 radical (unpaired) electrons. The van der Waals surface area contributed by atoms with Crippen LogP contribution in [0.2, 0.25) is 0 Å². The van der Waals surface area contributed by atoms with Gasteiger partial charge in [0.1, 0.15) is 24.0 Å². The number of amides is 1. The van der Waals surface area contributed by atoms with E-state index in [1.165, 1.54) is 5.56 Å². The molecule has 0 atom stereocenters. The predicted molar refractivity (Wildman–Crippen MR) is 152 cm³/mol. The highest BCUT2D eigenvalue weighted by atomic mass is 79.9. The molecule has 0 fully saturated rings. The summed E-state index contributed by atoms with van der Waals surface area (Å²) in [5.74, 6) is 0.355. The highest BCUT2D eigenvalue weighted by Crippen LogP contribution is 2.25. The summed E-state index contributed by atoms with van der Waals surface area (Å²) < 4.78 is 9.07. The molecule has 5 nitrogen and oxygen atoms in total. The maximum atomic E-state index is 12.8. The van der Waals surface area contributed by atoms with Gasteiger partial charge in [0.05, 0.1) is 0 Å². The first-order valence-corrected chi connectivity index (χ1v) is 12.9. The van der Waals surface area contributed by atoms with Crippen LogP contribution in [0.1, 0.15) is 35.0 Å². The van der Waals surface area contributed by atoms with Crippen molar-refractivity contribution in [2.24, 2.45) is 0 Å². The lowest BCUT2D eigenvalue weighted by Crippen LogP contribution is -2.13. The first kappa shape index (κ1) is 26.0. The maximum absolute atomic E-state index is 12.8. The molecule has 37 heavy (non-hydrogen) atoms. The number of ether oxygens (including phenoxy) is 1. The van der Waals surface area contributed by atoms with E-state index in [4.69, 9.17) is 4.74 Å². The minimum Gasteiger partial charge on any atom is -0.489 e. The zero-order chi connectivity index (χ0) is 26.4. The summed E-state index contributed by atoms with van der Waals surface area (Å²) in [6, 6.07) is 27.6. The van der Waals surface area contributed by atoms with Gasteiger partial charge in [0.2, 0.25) is 0 Å². The second kappa shape index (κ2) is 11.8. The van der Waals surface area contributed by atoms with Crippen molar-refractivity contribution in [2.45, 2.75) is 33.8 Å². The summed E-state index contributed by atoms with van der Waals surface area (Å²) in [4.78, 5) is 12.8. The van der Waals surface area contributed by atoms with Crippen molar-refractivity contribution < 1.29 is 9.53 Å². The van der Waals surface area contributed by atoms with Crippen molar-refractivity contribution in [3.8, 4) is 17.5 Å². The van der Waals surface area contributed by atoms with Crippen molar-refractivity contribution in [1.29, 1.82) is 5.26 Å². The number of carbonyl (C=O) groups is 1. The van der Waals surface area contributed by atoms with E-state index in [-0.39, 0.29) is 5.57 Å². The van der Waals surface area contributed by atoms with E-state index < -0.39 is 5.91 Å². The van der Waals surface area contributed by atoms with Crippen molar-refractivity contribution in [1.82, 2.24) is 4.57 Å². The SMILES string of the molecule is CCc1ccc(NC(=O)C(C#N)=Cc2cc(C)n(-c3ccc(OCc4ccc(Br)cc4)cc3)c2C)cc1. The van der Waals surface area contributed by atoms with Crippen LogP contribution in [0.25, 0.3) is 11.8 Å². The number of rotatable bonds is 8. The average Bonchev–Trinajstić information content (AvgIpc) is 3.19. The van der Waals surface area contributed by atoms with Gasteiger partial charge in [0.25, 0.3) is 5.91 Å². The van der Waals surface area contributed by atoms with Gasteiger partial charge in [-0.05, 0) is 97.6 Å². The third-order valence-electron chi connectivity index (χ3n) is 6.17. The zero-order valence-electron chi connectivity index (χ0n) is 21.1. The van der Waals surface area contributed by atoms with Crippen LogP contribution in [-0.4, -0.2) is 10.5 Å². The first-order valence-electron chi connectivity index (χ1n) is 12.1. The number of anilines is 1. The minimum atomic E-state index is -0.427. The molecule has 1 amide bonds. The van der Waals surface area contributed by atoms with Gasteiger partial charge in [-0.25, -0.2) is 0 Å². The van der Waals surface area contributed by atoms with Crippen LogP contribution in [0, 0.1) is 25.2 Å². The fraction of sp³-hybridized carbons (Fsp3) is 0.161. The molecule has 3 aromatic carbocycles. The Balaban J connectivity index is 1.49. The zero-order valence-corrected chi connectivity index (χ0v) is 22.7. The molecule has 0 spiro atoms. The van der Waals surface area contributed by atoms with Gasteiger partial charge < -0.3 is 14.6 Å². The number of nitrogens with one attached hydrogen (secondary N) is 1. The van der Waals surface area contributed by atoms with E-state index in [0.29, 0.717) is 12.3 Å². The Morgan fingerprint density at radius 1 is 1.00 bits per heavy atom. The third kappa shape index (κ3) is 6.38. The molecule has 0 saturated heterocycles. The molecule has 1 N–H and O–H groups in total. The van der Waals surface area contributed by atoms with Crippen LogP contribution < -0.4 is 10.1 Å². The number of benzene rings is 3. The first-order chi connectivity index (χ1) is 17.9. The van der Waals surface area contributed by atoms with Crippen LogP contribution in [0.5, 0.6) is 5.75 Å². The predicted octanol–water partition coefficient (Wildman–Crippen LogP) is 7.54. The highest BCUT2D eigenvalue weighted by molar-refractivity contribution is 9.10. The van der Waals surface area contributed by atoms with E-state index in [9.17, 15) is 10.1 Å². The number of aromatic nitrogens is 1. The number of nitriles is 1. The fourth-order valence-corrected chi connectivity index (χ4v) is 4.36. The average molecular weight is 554 g/mol. The monoisotopic (exact) mass is 553 g/mol. The van der Waals surface area contributed by atoms with Crippen molar-refractivity contribution >= 4 is 33.6 Å². The number of carbonyl (C=O) groups excluding carboxylic acids is 1. The quantitative estimate of drug-likeness (QED) is 0.181. The van der Waals surface area contributed by atoms with E-state index in [1.54, 1.807) is 6.08 Å². The minimum absolute atomic E-state index is 0.0523. The Morgan fingerprint density at radius 3 is 2.27 bits per heavy atom. The molecule has 0 aliphatic carbocycles. The summed E-state index contributed by atoms with van der Waals surface area (Å²) in [6.45, 7) is 6.55. The van der Waals surface area contributed by atoms with Gasteiger partial charge in [-0.1, -0.05) is 47.1 Å². The number of aryl methyl sites for hydroxylation is 2. The lowest BCUT2D eigenvalue weighted by molar-refractivity contribution is -0.112. The molecule has 186 valence electrons. The second-order valence-corrected chi connectivity index (χ2v) is 9.66. The van der Waals surface area contributed by atoms with Gasteiger partial charge >= 0.3 is 0 Å². The van der Waals surface area contributed by atoms with E-state index in [1.807, 2.05) is 98.8 Å². The number of hydrogen-bond acceptors (Lipinski definition) is 3. The Kier molecular flexibility index (Phi) is 8.27. The molecule has 1 heterocycles. The number of hydrogen-bond donors (Lipinski definition) is 1. The molecule has 0 aliphatic heterocycles. The molecule has 0 unspecified atom stereocenters. The van der Waals surface area contributed by atoms with Gasteiger partial charge in [-0.2, -0.15) is 5.26 Å². The summed E-state index contributed by atoms with van der Waals surface area (Å²) in [6.07, 6.45) is 2.57. The lowest BCUT2D eigenvalue weighted by Gasteiger charge is -2.12. The van der Waals surface area contributed by atoms with E-state index in [0.717, 1.165) is 44.8 Å². The van der Waals surface area contributed by atoms with E-state index in [2.05, 4.69) is 32.7 Å². The van der Waals surface area contributed by atoms with Crippen molar-refractivity contribution in [3.05, 3.63) is 117 Å². The van der Waals surface area contributed by atoms with Crippen LogP contribution in [-0.2, 0) is 17.8 Å². The Labute approximate surface area is 226 Å². The smallest absolute Gasteiger partial charge is 0.266 e. The van der Waals surface area contributed by atoms with Gasteiger partial charge in [-0.3, -0.25) is 4.79 Å². The normalized spacial score (nSPS) is 11.2. The molecule has 0 bridgehead atoms.